The van der Waals surface area contributed by atoms with Crippen molar-refractivity contribution in [3.05, 3.63) is 28.9 Å². The van der Waals surface area contributed by atoms with Gasteiger partial charge in [0.1, 0.15) is 0 Å². The number of fused-ring (bicyclic) bond motifs is 1. The molecule has 2 aromatic rings. The van der Waals surface area contributed by atoms with Crippen molar-refractivity contribution in [1.29, 1.82) is 0 Å². The lowest BCUT2D eigenvalue weighted by Gasteiger charge is -2.37. The fourth-order valence-electron chi connectivity index (χ4n) is 2.83. The molecule has 1 aliphatic heterocycles. The van der Waals surface area contributed by atoms with Gasteiger partial charge in [0.25, 0.3) is 0 Å². The Bertz CT molecular complexity index is 636. The van der Waals surface area contributed by atoms with Crippen molar-refractivity contribution < 1.29 is 4.74 Å². The average Bonchev–Trinajstić information content (AvgIpc) is 2.38. The van der Waals surface area contributed by atoms with E-state index in [0.717, 1.165) is 39.8 Å². The first-order valence-electron chi connectivity index (χ1n) is 6.78. The smallest absolute Gasteiger partial charge is 0.0956 e. The van der Waals surface area contributed by atoms with Crippen molar-refractivity contribution in [3.8, 4) is 0 Å². The fourth-order valence-corrected chi connectivity index (χ4v) is 3.16. The number of aromatic nitrogens is 1. The van der Waals surface area contributed by atoms with Gasteiger partial charge in [0.05, 0.1) is 23.4 Å². The largest absolute Gasteiger partial charge is 0.398 e. The highest BCUT2D eigenvalue weighted by Gasteiger charge is 2.24. The van der Waals surface area contributed by atoms with Gasteiger partial charge < -0.3 is 15.4 Å². The molecule has 0 saturated carbocycles. The number of nitrogens with two attached hydrogens (primary N) is 1. The molecule has 1 saturated heterocycles. The maximum absolute atomic E-state index is 6.07. The van der Waals surface area contributed by atoms with E-state index < -0.39 is 0 Å². The Hall–Kier alpha value is -1.33. The molecule has 1 aliphatic rings. The van der Waals surface area contributed by atoms with E-state index in [1.54, 1.807) is 0 Å². The van der Waals surface area contributed by atoms with Crippen molar-refractivity contribution in [2.24, 2.45) is 0 Å². The van der Waals surface area contributed by atoms with E-state index in [0.29, 0.717) is 0 Å². The van der Waals surface area contributed by atoms with Gasteiger partial charge in [0, 0.05) is 34.8 Å². The van der Waals surface area contributed by atoms with E-state index in [2.05, 4.69) is 45.7 Å². The minimum atomic E-state index is 0.224. The number of hydrogen-bond donors (Lipinski definition) is 1. The number of hydrogen-bond acceptors (Lipinski definition) is 4. The predicted molar refractivity (Wildman–Crippen MR) is 86.1 cm³/mol. The molecule has 2 N–H and O–H groups in total. The highest BCUT2D eigenvalue weighted by atomic mass is 79.9. The SMILES string of the molecule is CC1CN(c2ccc(N)c3cc(Br)cnc23)CC(C)O1. The van der Waals surface area contributed by atoms with Crippen molar-refractivity contribution in [3.63, 3.8) is 0 Å². The van der Waals surface area contributed by atoms with Crippen LogP contribution in [0.1, 0.15) is 13.8 Å². The molecule has 1 fully saturated rings. The predicted octanol–water partition coefficient (Wildman–Crippen LogP) is 3.19. The number of anilines is 2. The molecule has 5 heteroatoms. The molecule has 0 spiro atoms. The van der Waals surface area contributed by atoms with E-state index in [1.807, 2.05) is 18.3 Å². The van der Waals surface area contributed by atoms with Crippen molar-refractivity contribution in [1.82, 2.24) is 4.98 Å². The van der Waals surface area contributed by atoms with Crippen LogP contribution in [-0.2, 0) is 4.74 Å². The Morgan fingerprint density at radius 3 is 2.70 bits per heavy atom. The van der Waals surface area contributed by atoms with Gasteiger partial charge in [0.2, 0.25) is 0 Å². The first kappa shape index (κ1) is 13.6. The van der Waals surface area contributed by atoms with Gasteiger partial charge in [-0.25, -0.2) is 0 Å². The van der Waals surface area contributed by atoms with Gasteiger partial charge in [0.15, 0.2) is 0 Å². The molecule has 4 nitrogen and oxygen atoms in total. The lowest BCUT2D eigenvalue weighted by molar-refractivity contribution is -0.00513. The molecular formula is C15H18BrN3O. The maximum atomic E-state index is 6.07. The lowest BCUT2D eigenvalue weighted by atomic mass is 10.1. The maximum Gasteiger partial charge on any atom is 0.0956 e. The summed E-state index contributed by atoms with van der Waals surface area (Å²) < 4.78 is 6.74. The number of benzene rings is 1. The van der Waals surface area contributed by atoms with Gasteiger partial charge in [-0.3, -0.25) is 4.98 Å². The monoisotopic (exact) mass is 335 g/mol. The standard InChI is InChI=1S/C15H18BrN3O/c1-9-7-19(8-10(2)20-9)14-4-3-13(17)12-5-11(16)6-18-15(12)14/h3-6,9-10H,7-8,17H2,1-2H3. The van der Waals surface area contributed by atoms with Crippen LogP contribution in [0, 0.1) is 0 Å². The normalized spacial score (nSPS) is 23.2. The molecule has 1 aromatic carbocycles. The van der Waals surface area contributed by atoms with Crippen molar-refractivity contribution in [2.75, 3.05) is 23.7 Å². The second kappa shape index (κ2) is 5.22. The molecule has 1 aromatic heterocycles. The summed E-state index contributed by atoms with van der Waals surface area (Å²) in [5, 5.41) is 0.990. The summed E-state index contributed by atoms with van der Waals surface area (Å²) in [6, 6.07) is 6.04. The van der Waals surface area contributed by atoms with Crippen molar-refractivity contribution >= 4 is 38.2 Å². The first-order valence-corrected chi connectivity index (χ1v) is 7.58. The summed E-state index contributed by atoms with van der Waals surface area (Å²) in [6.45, 7) is 5.96. The number of morpholine rings is 1. The van der Waals surface area contributed by atoms with Crippen LogP contribution in [-0.4, -0.2) is 30.3 Å². The highest BCUT2D eigenvalue weighted by molar-refractivity contribution is 9.10. The third-order valence-electron chi connectivity index (χ3n) is 3.59. The summed E-state index contributed by atoms with van der Waals surface area (Å²) in [6.07, 6.45) is 2.27. The van der Waals surface area contributed by atoms with Crippen molar-refractivity contribution in [2.45, 2.75) is 26.1 Å². The molecule has 0 amide bonds. The van der Waals surface area contributed by atoms with Crippen LogP contribution in [0.4, 0.5) is 11.4 Å². The van der Waals surface area contributed by atoms with Gasteiger partial charge in [-0.05, 0) is 48.0 Å². The van der Waals surface area contributed by atoms with Gasteiger partial charge in [-0.1, -0.05) is 0 Å². The molecular weight excluding hydrogens is 318 g/mol. The number of rotatable bonds is 1. The summed E-state index contributed by atoms with van der Waals surface area (Å²) in [5.74, 6) is 0. The third kappa shape index (κ3) is 2.47. The fraction of sp³-hybridized carbons (Fsp3) is 0.400. The van der Waals surface area contributed by atoms with E-state index in [-0.39, 0.29) is 12.2 Å². The molecule has 0 bridgehead atoms. The number of halogens is 1. The van der Waals surface area contributed by atoms with Gasteiger partial charge >= 0.3 is 0 Å². The average molecular weight is 336 g/mol. The third-order valence-corrected chi connectivity index (χ3v) is 4.02. The molecule has 106 valence electrons. The Balaban J connectivity index is 2.10. The zero-order chi connectivity index (χ0) is 14.3. The molecule has 3 rings (SSSR count). The minimum absolute atomic E-state index is 0.224. The minimum Gasteiger partial charge on any atom is -0.398 e. The Labute approximate surface area is 127 Å². The van der Waals surface area contributed by atoms with Crippen LogP contribution in [0.3, 0.4) is 0 Å². The summed E-state index contributed by atoms with van der Waals surface area (Å²) >= 11 is 3.45. The van der Waals surface area contributed by atoms with Gasteiger partial charge in [-0.15, -0.1) is 0 Å². The molecule has 2 unspecified atom stereocenters. The van der Waals surface area contributed by atoms with E-state index >= 15 is 0 Å². The zero-order valence-corrected chi connectivity index (χ0v) is 13.2. The quantitative estimate of drug-likeness (QED) is 0.813. The first-order chi connectivity index (χ1) is 9.54. The number of nitrogen functional groups attached to an aromatic ring is 1. The summed E-state index contributed by atoms with van der Waals surface area (Å²) in [5.41, 5.74) is 8.91. The second-order valence-corrected chi connectivity index (χ2v) is 6.30. The van der Waals surface area contributed by atoms with E-state index in [9.17, 15) is 0 Å². The van der Waals surface area contributed by atoms with Gasteiger partial charge in [-0.2, -0.15) is 0 Å². The van der Waals surface area contributed by atoms with Crippen LogP contribution in [0.5, 0.6) is 0 Å². The van der Waals surface area contributed by atoms with Crippen LogP contribution in [0.15, 0.2) is 28.9 Å². The number of pyridine rings is 1. The molecule has 0 radical (unpaired) electrons. The zero-order valence-electron chi connectivity index (χ0n) is 11.6. The lowest BCUT2D eigenvalue weighted by Crippen LogP contribution is -2.45. The highest BCUT2D eigenvalue weighted by Crippen LogP contribution is 2.32. The Morgan fingerprint density at radius 2 is 2.00 bits per heavy atom. The van der Waals surface area contributed by atoms with Crippen LogP contribution < -0.4 is 10.6 Å². The molecule has 20 heavy (non-hydrogen) atoms. The second-order valence-electron chi connectivity index (χ2n) is 5.39. The Kier molecular flexibility index (Phi) is 3.56. The summed E-state index contributed by atoms with van der Waals surface area (Å²) in [4.78, 5) is 6.89. The number of nitrogens with zero attached hydrogens (tertiary/aromatic N) is 2. The topological polar surface area (TPSA) is 51.4 Å². The van der Waals surface area contributed by atoms with Crippen LogP contribution in [0.25, 0.3) is 10.9 Å². The van der Waals surface area contributed by atoms with Crippen LogP contribution in [0.2, 0.25) is 0 Å². The van der Waals surface area contributed by atoms with E-state index in [4.69, 9.17) is 10.5 Å². The summed E-state index contributed by atoms with van der Waals surface area (Å²) in [7, 11) is 0. The Morgan fingerprint density at radius 1 is 1.30 bits per heavy atom. The molecule has 2 atom stereocenters. The van der Waals surface area contributed by atoms with Crippen LogP contribution >= 0.6 is 15.9 Å². The van der Waals surface area contributed by atoms with E-state index in [1.165, 1.54) is 0 Å². The number of ether oxygens (including phenoxy) is 1. The molecule has 2 heterocycles. The molecule has 0 aliphatic carbocycles.